The van der Waals surface area contributed by atoms with Gasteiger partial charge in [-0.25, -0.2) is 14.2 Å². The van der Waals surface area contributed by atoms with Gasteiger partial charge in [0.2, 0.25) is 0 Å². The van der Waals surface area contributed by atoms with Crippen LogP contribution in [-0.4, -0.2) is 16.1 Å². The maximum Gasteiger partial charge on any atom is 0.355 e. The molecule has 0 atom stereocenters. The summed E-state index contributed by atoms with van der Waals surface area (Å²) in [6.45, 7) is 1.90. The Morgan fingerprint density at radius 1 is 1.39 bits per heavy atom. The van der Waals surface area contributed by atoms with Crippen LogP contribution in [0.4, 0.5) is 4.39 Å². The van der Waals surface area contributed by atoms with E-state index in [-0.39, 0.29) is 11.5 Å². The summed E-state index contributed by atoms with van der Waals surface area (Å²) in [7, 11) is 0. The smallest absolute Gasteiger partial charge is 0.355 e. The Labute approximate surface area is 108 Å². The predicted octanol–water partition coefficient (Wildman–Crippen LogP) is 3.13. The van der Waals surface area contributed by atoms with Crippen LogP contribution in [0, 0.1) is 5.82 Å². The quantitative estimate of drug-likeness (QED) is 0.924. The number of aromatic nitrogens is 1. The van der Waals surface area contributed by atoms with Crippen LogP contribution >= 0.6 is 11.3 Å². The molecule has 18 heavy (non-hydrogen) atoms. The highest BCUT2D eigenvalue weighted by molar-refractivity contribution is 7.11. The topological polar surface area (TPSA) is 50.2 Å². The van der Waals surface area contributed by atoms with Crippen molar-refractivity contribution < 1.29 is 14.3 Å². The second-order valence-electron chi connectivity index (χ2n) is 3.84. The zero-order valence-electron chi connectivity index (χ0n) is 9.81. The fourth-order valence-corrected chi connectivity index (χ4v) is 2.69. The van der Waals surface area contributed by atoms with Crippen molar-refractivity contribution in [3.05, 3.63) is 51.2 Å². The Bertz CT molecular complexity index is 563. The highest BCUT2D eigenvalue weighted by atomic mass is 32.1. The van der Waals surface area contributed by atoms with E-state index in [4.69, 9.17) is 5.11 Å². The first-order valence-corrected chi connectivity index (χ1v) is 6.38. The van der Waals surface area contributed by atoms with Crippen LogP contribution in [0.25, 0.3) is 0 Å². The number of nitrogens with zero attached hydrogens (tertiary/aromatic N) is 1. The zero-order chi connectivity index (χ0) is 13.1. The molecule has 0 aliphatic rings. The minimum absolute atomic E-state index is 0.139. The molecule has 0 amide bonds. The van der Waals surface area contributed by atoms with Crippen molar-refractivity contribution in [1.82, 2.24) is 4.98 Å². The molecule has 0 aliphatic heterocycles. The van der Waals surface area contributed by atoms with Crippen molar-refractivity contribution >= 4 is 17.3 Å². The molecule has 2 rings (SSSR count). The van der Waals surface area contributed by atoms with Crippen LogP contribution in [0.2, 0.25) is 0 Å². The molecule has 0 aliphatic carbocycles. The molecule has 0 radical (unpaired) electrons. The first-order chi connectivity index (χ1) is 8.60. The number of aromatic carboxylic acids is 1. The minimum atomic E-state index is -0.992. The van der Waals surface area contributed by atoms with Crippen LogP contribution in [0.3, 0.4) is 0 Å². The van der Waals surface area contributed by atoms with Crippen molar-refractivity contribution in [2.24, 2.45) is 0 Å². The van der Waals surface area contributed by atoms with E-state index in [9.17, 15) is 9.18 Å². The molecule has 1 N–H and O–H groups in total. The Morgan fingerprint density at radius 3 is 2.56 bits per heavy atom. The van der Waals surface area contributed by atoms with E-state index in [1.165, 1.54) is 23.5 Å². The molecule has 1 aromatic heterocycles. The third-order valence-electron chi connectivity index (χ3n) is 2.53. The summed E-state index contributed by atoms with van der Waals surface area (Å²) in [5, 5.41) is 9.75. The molecular formula is C13H12FNO2S. The molecule has 0 fully saturated rings. The fourth-order valence-electron chi connectivity index (χ4n) is 1.66. The van der Waals surface area contributed by atoms with Gasteiger partial charge in [0, 0.05) is 11.3 Å². The molecule has 1 aromatic carbocycles. The standard InChI is InChI=1S/C13H12FNO2S/c1-2-10-12(13(16)17)15-11(18-10)7-8-3-5-9(14)6-4-8/h3-6H,2,7H2,1H3,(H,16,17). The molecule has 0 saturated carbocycles. The maximum absolute atomic E-state index is 12.8. The van der Waals surface area contributed by atoms with Gasteiger partial charge in [0.1, 0.15) is 5.82 Å². The Morgan fingerprint density at radius 2 is 2.06 bits per heavy atom. The van der Waals surface area contributed by atoms with Crippen molar-refractivity contribution in [3.63, 3.8) is 0 Å². The summed E-state index contributed by atoms with van der Waals surface area (Å²) >= 11 is 1.40. The van der Waals surface area contributed by atoms with Crippen LogP contribution in [0.15, 0.2) is 24.3 Å². The van der Waals surface area contributed by atoms with Gasteiger partial charge in [-0.2, -0.15) is 0 Å². The predicted molar refractivity (Wildman–Crippen MR) is 67.7 cm³/mol. The monoisotopic (exact) mass is 265 g/mol. The molecule has 1 heterocycles. The Balaban J connectivity index is 2.24. The van der Waals surface area contributed by atoms with Gasteiger partial charge in [0.25, 0.3) is 0 Å². The van der Waals surface area contributed by atoms with Crippen molar-refractivity contribution in [2.45, 2.75) is 19.8 Å². The van der Waals surface area contributed by atoms with Gasteiger partial charge in [-0.15, -0.1) is 11.3 Å². The minimum Gasteiger partial charge on any atom is -0.476 e. The van der Waals surface area contributed by atoms with Gasteiger partial charge in [-0.05, 0) is 24.1 Å². The highest BCUT2D eigenvalue weighted by Crippen LogP contribution is 2.22. The second kappa shape index (κ2) is 5.27. The summed E-state index contributed by atoms with van der Waals surface area (Å²) < 4.78 is 12.8. The molecule has 0 unspecified atom stereocenters. The molecule has 0 spiro atoms. The Hall–Kier alpha value is -1.75. The molecule has 5 heteroatoms. The maximum atomic E-state index is 12.8. The molecule has 2 aromatic rings. The number of aryl methyl sites for hydroxylation is 1. The first kappa shape index (κ1) is 12.7. The lowest BCUT2D eigenvalue weighted by molar-refractivity contribution is 0.0690. The van der Waals surface area contributed by atoms with E-state index in [1.807, 2.05) is 6.92 Å². The van der Waals surface area contributed by atoms with Crippen LogP contribution < -0.4 is 0 Å². The van der Waals surface area contributed by atoms with Crippen molar-refractivity contribution in [3.8, 4) is 0 Å². The SMILES string of the molecule is CCc1sc(Cc2ccc(F)cc2)nc1C(=O)O. The molecule has 3 nitrogen and oxygen atoms in total. The molecule has 0 saturated heterocycles. The summed E-state index contributed by atoms with van der Waals surface area (Å²) in [5.74, 6) is -1.27. The number of hydrogen-bond donors (Lipinski definition) is 1. The van der Waals surface area contributed by atoms with Crippen molar-refractivity contribution in [1.29, 1.82) is 0 Å². The Kier molecular flexibility index (Phi) is 3.72. The average molecular weight is 265 g/mol. The normalized spacial score (nSPS) is 10.6. The van der Waals surface area contributed by atoms with Gasteiger partial charge < -0.3 is 5.11 Å². The van der Waals surface area contributed by atoms with E-state index < -0.39 is 5.97 Å². The number of rotatable bonds is 4. The lowest BCUT2D eigenvalue weighted by atomic mass is 10.1. The second-order valence-corrected chi connectivity index (χ2v) is 5.01. The van der Waals surface area contributed by atoms with E-state index in [2.05, 4.69) is 4.98 Å². The van der Waals surface area contributed by atoms with E-state index >= 15 is 0 Å². The number of benzene rings is 1. The van der Waals surface area contributed by atoms with Crippen LogP contribution in [-0.2, 0) is 12.8 Å². The molecule has 94 valence electrons. The van der Waals surface area contributed by atoms with E-state index in [0.717, 1.165) is 15.4 Å². The van der Waals surface area contributed by atoms with E-state index in [0.29, 0.717) is 12.8 Å². The summed E-state index contributed by atoms with van der Waals surface area (Å²) in [5.41, 5.74) is 1.06. The summed E-state index contributed by atoms with van der Waals surface area (Å²) in [6, 6.07) is 6.15. The number of carboxylic acids is 1. The molecular weight excluding hydrogens is 253 g/mol. The van der Waals surface area contributed by atoms with Gasteiger partial charge >= 0.3 is 5.97 Å². The third kappa shape index (κ3) is 2.73. The van der Waals surface area contributed by atoms with Gasteiger partial charge in [0.05, 0.1) is 5.01 Å². The largest absolute Gasteiger partial charge is 0.476 e. The highest BCUT2D eigenvalue weighted by Gasteiger charge is 2.15. The number of carbonyl (C=O) groups is 1. The zero-order valence-corrected chi connectivity index (χ0v) is 10.6. The number of carboxylic acid groups (broad SMARTS) is 1. The van der Waals surface area contributed by atoms with Gasteiger partial charge in [-0.1, -0.05) is 19.1 Å². The average Bonchev–Trinajstić information content (AvgIpc) is 2.75. The third-order valence-corrected chi connectivity index (χ3v) is 3.73. The number of halogens is 1. The summed E-state index contributed by atoms with van der Waals surface area (Å²) in [4.78, 5) is 15.9. The lowest BCUT2D eigenvalue weighted by Crippen LogP contribution is -2.00. The van der Waals surface area contributed by atoms with Crippen LogP contribution in [0.1, 0.15) is 32.9 Å². The first-order valence-electron chi connectivity index (χ1n) is 5.56. The van der Waals surface area contributed by atoms with E-state index in [1.54, 1.807) is 12.1 Å². The van der Waals surface area contributed by atoms with Crippen molar-refractivity contribution in [2.75, 3.05) is 0 Å². The molecule has 0 bridgehead atoms. The van der Waals surface area contributed by atoms with Gasteiger partial charge in [0.15, 0.2) is 5.69 Å². The lowest BCUT2D eigenvalue weighted by Gasteiger charge is -1.96. The van der Waals surface area contributed by atoms with Crippen LogP contribution in [0.5, 0.6) is 0 Å². The van der Waals surface area contributed by atoms with Gasteiger partial charge in [-0.3, -0.25) is 0 Å². The number of thiazole rings is 1. The summed E-state index contributed by atoms with van der Waals surface area (Å²) in [6.07, 6.45) is 1.19. The number of hydrogen-bond acceptors (Lipinski definition) is 3. The fraction of sp³-hybridized carbons (Fsp3) is 0.231.